The summed E-state index contributed by atoms with van der Waals surface area (Å²) in [5.41, 5.74) is 0.816. The van der Waals surface area contributed by atoms with Crippen molar-refractivity contribution in [1.82, 2.24) is 0 Å². The first-order chi connectivity index (χ1) is 12.3. The summed E-state index contributed by atoms with van der Waals surface area (Å²) < 4.78 is 34.1. The highest BCUT2D eigenvalue weighted by Crippen LogP contribution is 2.29. The number of hydrogen-bond acceptors (Lipinski definition) is 4. The summed E-state index contributed by atoms with van der Waals surface area (Å²) in [4.78, 5) is 12.0. The van der Waals surface area contributed by atoms with Crippen LogP contribution in [-0.2, 0) is 14.8 Å². The third kappa shape index (κ3) is 4.98. The van der Waals surface area contributed by atoms with Crippen LogP contribution in [0.25, 0.3) is 0 Å². The first-order valence-electron chi connectivity index (χ1n) is 8.04. The molecule has 0 aromatic heterocycles. The van der Waals surface area contributed by atoms with E-state index in [1.165, 1.54) is 19.2 Å². The number of methoxy groups -OCH3 is 1. The second kappa shape index (κ2) is 8.55. The summed E-state index contributed by atoms with van der Waals surface area (Å²) in [5.74, 6) is -0.143. The minimum Gasteiger partial charge on any atom is -0.495 e. The molecule has 2 N–H and O–H groups in total. The van der Waals surface area contributed by atoms with Crippen molar-refractivity contribution < 1.29 is 17.9 Å². The zero-order valence-electron chi connectivity index (χ0n) is 14.7. The Bertz CT molecular complexity index is 883. The molecule has 140 valence electrons. The van der Waals surface area contributed by atoms with Gasteiger partial charge in [-0.25, -0.2) is 8.42 Å². The van der Waals surface area contributed by atoms with E-state index in [-0.39, 0.29) is 22.5 Å². The normalized spacial score (nSPS) is 12.3. The zero-order chi connectivity index (χ0) is 19.3. The second-order valence-corrected chi connectivity index (χ2v) is 8.34. The van der Waals surface area contributed by atoms with Gasteiger partial charge < -0.3 is 10.1 Å². The Hall–Kier alpha value is -2.06. The van der Waals surface area contributed by atoms with Crippen molar-refractivity contribution in [3.63, 3.8) is 0 Å². The van der Waals surface area contributed by atoms with Gasteiger partial charge in [-0.15, -0.1) is 0 Å². The van der Waals surface area contributed by atoms with Crippen molar-refractivity contribution in [2.45, 2.75) is 25.2 Å². The Kier molecular flexibility index (Phi) is 6.66. The fraction of sp³-hybridized carbons (Fsp3) is 0.278. The van der Waals surface area contributed by atoms with E-state index in [0.29, 0.717) is 17.8 Å². The third-order valence-electron chi connectivity index (χ3n) is 3.88. The molecule has 1 atom stereocenters. The number of carbonyl (C=O) groups is 1. The summed E-state index contributed by atoms with van der Waals surface area (Å²) in [5, 5.41) is 2.73. The minimum atomic E-state index is -3.89. The maximum Gasteiger partial charge on any atom is 0.265 e. The van der Waals surface area contributed by atoms with Crippen molar-refractivity contribution in [2.75, 3.05) is 17.1 Å². The predicted octanol–water partition coefficient (Wildman–Crippen LogP) is 4.24. The van der Waals surface area contributed by atoms with Crippen molar-refractivity contribution in [3.05, 3.63) is 46.9 Å². The molecule has 0 radical (unpaired) electrons. The van der Waals surface area contributed by atoms with Crippen molar-refractivity contribution in [1.29, 1.82) is 0 Å². The van der Waals surface area contributed by atoms with E-state index in [1.807, 2.05) is 13.8 Å². The summed E-state index contributed by atoms with van der Waals surface area (Å²) in [7, 11) is -2.50. The Labute approximate surface area is 162 Å². The van der Waals surface area contributed by atoms with Crippen molar-refractivity contribution >= 4 is 43.2 Å². The molecule has 0 aliphatic heterocycles. The maximum absolute atomic E-state index is 12.8. The molecule has 0 saturated heterocycles. The maximum atomic E-state index is 12.8. The second-order valence-electron chi connectivity index (χ2n) is 5.78. The van der Waals surface area contributed by atoms with Gasteiger partial charge in [-0.1, -0.05) is 29.8 Å². The lowest BCUT2D eigenvalue weighted by molar-refractivity contribution is -0.119. The van der Waals surface area contributed by atoms with E-state index in [9.17, 15) is 13.2 Å². The molecule has 0 spiro atoms. The average Bonchev–Trinajstić information content (AvgIpc) is 2.62. The molecule has 26 heavy (non-hydrogen) atoms. The van der Waals surface area contributed by atoms with Gasteiger partial charge in [-0.3, -0.25) is 9.52 Å². The summed E-state index contributed by atoms with van der Waals surface area (Å²) in [6, 6.07) is 11.3. The van der Waals surface area contributed by atoms with Crippen LogP contribution >= 0.6 is 15.9 Å². The molecule has 0 fully saturated rings. The van der Waals surface area contributed by atoms with Gasteiger partial charge in [0.15, 0.2) is 0 Å². The van der Waals surface area contributed by atoms with Crippen LogP contribution in [0, 0.1) is 5.92 Å². The van der Waals surface area contributed by atoms with E-state index < -0.39 is 10.0 Å². The number of sulfonamides is 1. The van der Waals surface area contributed by atoms with E-state index >= 15 is 0 Å². The van der Waals surface area contributed by atoms with Crippen LogP contribution in [0.2, 0.25) is 0 Å². The van der Waals surface area contributed by atoms with Crippen LogP contribution in [0.1, 0.15) is 20.3 Å². The number of nitrogens with one attached hydrogen (secondary N) is 2. The van der Waals surface area contributed by atoms with Crippen LogP contribution in [0.5, 0.6) is 5.75 Å². The molecule has 6 nitrogen and oxygen atoms in total. The smallest absolute Gasteiger partial charge is 0.265 e. The fourth-order valence-corrected chi connectivity index (χ4v) is 3.66. The van der Waals surface area contributed by atoms with Gasteiger partial charge >= 0.3 is 0 Å². The van der Waals surface area contributed by atoms with Crippen LogP contribution in [-0.4, -0.2) is 21.4 Å². The number of anilines is 2. The number of carbonyl (C=O) groups excluding carboxylic acids is 1. The number of benzene rings is 2. The van der Waals surface area contributed by atoms with Crippen LogP contribution in [0.15, 0.2) is 51.8 Å². The molecule has 2 rings (SSSR count). The summed E-state index contributed by atoms with van der Waals surface area (Å²) in [6.07, 6.45) is 0.693. The summed E-state index contributed by atoms with van der Waals surface area (Å²) >= 11 is 3.31. The number of halogens is 1. The van der Waals surface area contributed by atoms with E-state index in [1.54, 1.807) is 30.3 Å². The molecule has 0 aliphatic carbocycles. The number of ether oxygens (including phenoxy) is 1. The van der Waals surface area contributed by atoms with Gasteiger partial charge in [0.2, 0.25) is 5.91 Å². The largest absolute Gasteiger partial charge is 0.495 e. The van der Waals surface area contributed by atoms with Gasteiger partial charge in [0.05, 0.1) is 7.11 Å². The number of hydrogen-bond donors (Lipinski definition) is 2. The summed E-state index contributed by atoms with van der Waals surface area (Å²) in [6.45, 7) is 3.72. The number of rotatable bonds is 7. The Morgan fingerprint density at radius 2 is 1.77 bits per heavy atom. The molecule has 8 heteroatoms. The first kappa shape index (κ1) is 20.3. The zero-order valence-corrected chi connectivity index (χ0v) is 17.1. The topological polar surface area (TPSA) is 84.5 Å². The monoisotopic (exact) mass is 440 g/mol. The molecule has 2 aromatic rings. The van der Waals surface area contributed by atoms with Gasteiger partial charge in [-0.2, -0.15) is 0 Å². The highest BCUT2D eigenvalue weighted by atomic mass is 79.9. The Morgan fingerprint density at radius 1 is 1.15 bits per heavy atom. The van der Waals surface area contributed by atoms with Crippen molar-refractivity contribution in [2.24, 2.45) is 5.92 Å². The number of amides is 1. The molecular formula is C18H21BrN2O4S. The molecule has 1 unspecified atom stereocenters. The van der Waals surface area contributed by atoms with E-state index in [0.717, 1.165) is 4.47 Å². The van der Waals surface area contributed by atoms with Crippen LogP contribution < -0.4 is 14.8 Å². The average molecular weight is 441 g/mol. The van der Waals surface area contributed by atoms with Gasteiger partial charge in [0, 0.05) is 21.8 Å². The standard InChI is InChI=1S/C18H21BrN2O4S/c1-4-12(2)18(22)20-15-9-10-16(25-3)17(11-15)26(23,24)21-14-7-5-13(19)6-8-14/h5-12,21H,4H2,1-3H3,(H,20,22). The Morgan fingerprint density at radius 3 is 2.35 bits per heavy atom. The molecular weight excluding hydrogens is 420 g/mol. The minimum absolute atomic E-state index is 0.0510. The quantitative estimate of drug-likeness (QED) is 0.673. The van der Waals surface area contributed by atoms with E-state index in [4.69, 9.17) is 4.74 Å². The van der Waals surface area contributed by atoms with Crippen LogP contribution in [0.4, 0.5) is 11.4 Å². The first-order valence-corrected chi connectivity index (χ1v) is 10.3. The molecule has 1 amide bonds. The molecule has 0 aliphatic rings. The van der Waals surface area contributed by atoms with Crippen molar-refractivity contribution in [3.8, 4) is 5.75 Å². The molecule has 0 bridgehead atoms. The van der Waals surface area contributed by atoms with Crippen LogP contribution in [0.3, 0.4) is 0 Å². The molecule has 0 heterocycles. The van der Waals surface area contributed by atoms with Gasteiger partial charge in [0.1, 0.15) is 10.6 Å². The lowest BCUT2D eigenvalue weighted by Crippen LogP contribution is -2.20. The molecule has 0 saturated carbocycles. The lowest BCUT2D eigenvalue weighted by atomic mass is 10.1. The van der Waals surface area contributed by atoms with Gasteiger partial charge in [0.25, 0.3) is 10.0 Å². The van der Waals surface area contributed by atoms with E-state index in [2.05, 4.69) is 26.0 Å². The third-order valence-corrected chi connectivity index (χ3v) is 5.81. The SMILES string of the molecule is CCC(C)C(=O)Nc1ccc(OC)c(S(=O)(=O)Nc2ccc(Br)cc2)c1. The molecule has 2 aromatic carbocycles. The highest BCUT2D eigenvalue weighted by molar-refractivity contribution is 9.10. The Balaban J connectivity index is 2.34. The fourth-order valence-electron chi connectivity index (χ4n) is 2.14. The predicted molar refractivity (Wildman–Crippen MR) is 106 cm³/mol. The highest BCUT2D eigenvalue weighted by Gasteiger charge is 2.21. The lowest BCUT2D eigenvalue weighted by Gasteiger charge is -2.15. The van der Waals surface area contributed by atoms with Gasteiger partial charge in [-0.05, 0) is 48.9 Å².